The van der Waals surface area contributed by atoms with Gasteiger partial charge in [0.1, 0.15) is 17.6 Å². The van der Waals surface area contributed by atoms with Gasteiger partial charge in [0.25, 0.3) is 0 Å². The molecule has 29 heavy (non-hydrogen) atoms. The average Bonchev–Trinajstić information content (AvgIpc) is 3.12. The molecule has 1 aliphatic carbocycles. The minimum atomic E-state index is -0.280. The van der Waals surface area contributed by atoms with Gasteiger partial charge in [0, 0.05) is 17.7 Å². The Morgan fingerprint density at radius 3 is 2.52 bits per heavy atom. The van der Waals surface area contributed by atoms with Gasteiger partial charge in [-0.25, -0.2) is 4.68 Å². The van der Waals surface area contributed by atoms with Crippen LogP contribution >= 0.6 is 0 Å². The maximum atomic E-state index is 13.4. The predicted molar refractivity (Wildman–Crippen MR) is 110 cm³/mol. The van der Waals surface area contributed by atoms with Crippen molar-refractivity contribution in [2.45, 2.75) is 31.7 Å². The Bertz CT molecular complexity index is 1100. The molecule has 5 rings (SSSR count). The van der Waals surface area contributed by atoms with Gasteiger partial charge in [-0.2, -0.15) is 10.1 Å². The van der Waals surface area contributed by atoms with Gasteiger partial charge >= 0.3 is 0 Å². The number of hydrogen-bond acceptors (Lipinski definition) is 5. The van der Waals surface area contributed by atoms with Crippen molar-refractivity contribution in [1.82, 2.24) is 14.8 Å². The zero-order valence-corrected chi connectivity index (χ0v) is 16.4. The molecule has 2 aromatic carbocycles. The highest BCUT2D eigenvalue weighted by molar-refractivity contribution is 6.00. The number of benzene rings is 2. The van der Waals surface area contributed by atoms with Crippen molar-refractivity contribution in [2.75, 3.05) is 12.4 Å². The van der Waals surface area contributed by atoms with E-state index in [1.165, 1.54) is 5.56 Å². The Morgan fingerprint density at radius 1 is 1.03 bits per heavy atom. The normalized spacial score (nSPS) is 20.7. The van der Waals surface area contributed by atoms with E-state index in [9.17, 15) is 4.79 Å². The molecule has 0 amide bonds. The van der Waals surface area contributed by atoms with E-state index < -0.39 is 0 Å². The number of carbonyl (C=O) groups is 1. The van der Waals surface area contributed by atoms with E-state index in [4.69, 9.17) is 4.74 Å². The van der Waals surface area contributed by atoms with Crippen LogP contribution in [-0.4, -0.2) is 27.7 Å². The number of aryl methyl sites for hydroxylation is 1. The Balaban J connectivity index is 1.60. The second kappa shape index (κ2) is 6.88. The van der Waals surface area contributed by atoms with Gasteiger partial charge in [0.15, 0.2) is 5.78 Å². The number of nitrogens with zero attached hydrogens (tertiary/aromatic N) is 3. The lowest BCUT2D eigenvalue weighted by Gasteiger charge is -2.35. The predicted octanol–water partition coefficient (Wildman–Crippen LogP) is 4.01. The summed E-state index contributed by atoms with van der Waals surface area (Å²) in [5.41, 5.74) is 3.94. The van der Waals surface area contributed by atoms with E-state index in [-0.39, 0.29) is 17.7 Å². The zero-order valence-electron chi connectivity index (χ0n) is 16.4. The molecule has 2 atom stereocenters. The largest absolute Gasteiger partial charge is 0.497 e. The lowest BCUT2D eigenvalue weighted by molar-refractivity contribution is -0.116. The van der Waals surface area contributed by atoms with E-state index in [1.807, 2.05) is 54.1 Å². The molecule has 1 N–H and O–H groups in total. The Kier molecular flexibility index (Phi) is 4.19. The van der Waals surface area contributed by atoms with E-state index >= 15 is 0 Å². The van der Waals surface area contributed by atoms with E-state index in [1.54, 1.807) is 7.11 Å². The summed E-state index contributed by atoms with van der Waals surface area (Å²) in [6, 6.07) is 17.8. The minimum absolute atomic E-state index is 0.159. The van der Waals surface area contributed by atoms with Crippen LogP contribution in [0.1, 0.15) is 41.8 Å². The van der Waals surface area contributed by atoms with Crippen LogP contribution in [-0.2, 0) is 4.79 Å². The van der Waals surface area contributed by atoms with E-state index in [0.29, 0.717) is 18.2 Å². The van der Waals surface area contributed by atoms with E-state index in [2.05, 4.69) is 27.5 Å². The number of allylic oxidation sites excluding steroid dienone is 2. The Hall–Kier alpha value is -3.41. The summed E-state index contributed by atoms with van der Waals surface area (Å²) in [5, 5.41) is 7.98. The number of ketones is 1. The lowest BCUT2D eigenvalue weighted by atomic mass is 9.78. The van der Waals surface area contributed by atoms with Crippen molar-refractivity contribution in [3.63, 3.8) is 0 Å². The molecule has 2 heterocycles. The van der Waals surface area contributed by atoms with Gasteiger partial charge in [0.2, 0.25) is 5.95 Å². The van der Waals surface area contributed by atoms with Gasteiger partial charge in [-0.1, -0.05) is 42.5 Å². The second-order valence-corrected chi connectivity index (χ2v) is 7.56. The number of nitrogens with one attached hydrogen (secondary N) is 1. The van der Waals surface area contributed by atoms with Crippen LogP contribution in [0.3, 0.4) is 0 Å². The molecule has 2 aliphatic rings. The van der Waals surface area contributed by atoms with Crippen LogP contribution < -0.4 is 10.1 Å². The fraction of sp³-hybridized carbons (Fsp3) is 0.261. The maximum Gasteiger partial charge on any atom is 0.226 e. The summed E-state index contributed by atoms with van der Waals surface area (Å²) in [5.74, 6) is 2.47. The molecule has 0 unspecified atom stereocenters. The Labute approximate surface area is 169 Å². The molecule has 3 aromatic rings. The monoisotopic (exact) mass is 386 g/mol. The molecule has 0 radical (unpaired) electrons. The van der Waals surface area contributed by atoms with Crippen molar-refractivity contribution < 1.29 is 9.53 Å². The van der Waals surface area contributed by atoms with Crippen molar-refractivity contribution >= 4 is 11.7 Å². The van der Waals surface area contributed by atoms with Crippen molar-refractivity contribution in [2.24, 2.45) is 0 Å². The third-order valence-electron chi connectivity index (χ3n) is 5.73. The first kappa shape index (κ1) is 17.7. The molecule has 0 spiro atoms. The second-order valence-electron chi connectivity index (χ2n) is 7.56. The quantitative estimate of drug-likeness (QED) is 0.737. The maximum absolute atomic E-state index is 13.4. The summed E-state index contributed by atoms with van der Waals surface area (Å²) < 4.78 is 7.12. The third-order valence-corrected chi connectivity index (χ3v) is 5.73. The number of Topliss-reactive ketones (excluding diaryl/α,β-unsaturated/α-hetero) is 1. The summed E-state index contributed by atoms with van der Waals surface area (Å²) in [4.78, 5) is 17.9. The van der Waals surface area contributed by atoms with Crippen LogP contribution in [0, 0.1) is 6.92 Å². The highest BCUT2D eigenvalue weighted by atomic mass is 16.5. The van der Waals surface area contributed by atoms with E-state index in [0.717, 1.165) is 29.0 Å². The smallest absolute Gasteiger partial charge is 0.226 e. The van der Waals surface area contributed by atoms with Crippen molar-refractivity contribution in [1.29, 1.82) is 0 Å². The van der Waals surface area contributed by atoms with Crippen LogP contribution in [0.4, 0.5) is 5.95 Å². The number of ether oxygens (including phenoxy) is 1. The van der Waals surface area contributed by atoms with Gasteiger partial charge in [0.05, 0.1) is 7.11 Å². The van der Waals surface area contributed by atoms with Crippen LogP contribution in [0.15, 0.2) is 65.9 Å². The molecule has 6 heteroatoms. The molecule has 0 saturated carbocycles. The molecule has 0 fully saturated rings. The number of hydrogen-bond donors (Lipinski definition) is 1. The topological polar surface area (TPSA) is 69.0 Å². The molecule has 6 nitrogen and oxygen atoms in total. The van der Waals surface area contributed by atoms with Gasteiger partial charge in [-0.15, -0.1) is 0 Å². The molecular weight excluding hydrogens is 364 g/mol. The summed E-state index contributed by atoms with van der Waals surface area (Å²) in [6.45, 7) is 1.87. The molecule has 1 aliphatic heterocycles. The average molecular weight is 386 g/mol. The molecule has 146 valence electrons. The fourth-order valence-electron chi connectivity index (χ4n) is 4.37. The molecular formula is C23H22N4O2. The number of rotatable bonds is 3. The van der Waals surface area contributed by atoms with Crippen molar-refractivity contribution in [3.8, 4) is 5.75 Å². The molecule has 0 bridgehead atoms. The fourth-order valence-corrected chi connectivity index (χ4v) is 4.37. The number of methoxy groups -OCH3 is 1. The van der Waals surface area contributed by atoms with Crippen molar-refractivity contribution in [3.05, 3.63) is 82.8 Å². The van der Waals surface area contributed by atoms with Gasteiger partial charge in [-0.3, -0.25) is 4.79 Å². The number of aromatic nitrogens is 3. The standard InChI is InChI=1S/C23H22N4O2/c1-14-24-23-25-19-12-17(15-6-4-3-5-7-15)13-20(28)21(19)22(27(23)26-14)16-8-10-18(29-2)11-9-16/h3-11,17,22H,12-13H2,1-2H3,(H,24,25,26)/t17-,22-/m1/s1. The number of carbonyl (C=O) groups excluding carboxylic acids is 1. The first-order chi connectivity index (χ1) is 14.1. The summed E-state index contributed by atoms with van der Waals surface area (Å²) in [6.07, 6.45) is 1.28. The van der Waals surface area contributed by atoms with Crippen LogP contribution in [0.2, 0.25) is 0 Å². The highest BCUT2D eigenvalue weighted by Gasteiger charge is 2.39. The first-order valence-corrected chi connectivity index (χ1v) is 9.79. The molecule has 1 aromatic heterocycles. The molecule has 0 saturated heterocycles. The summed E-state index contributed by atoms with van der Waals surface area (Å²) in [7, 11) is 1.65. The highest BCUT2D eigenvalue weighted by Crippen LogP contribution is 2.44. The van der Waals surface area contributed by atoms with Gasteiger partial charge < -0.3 is 10.1 Å². The lowest BCUT2D eigenvalue weighted by Crippen LogP contribution is -2.33. The minimum Gasteiger partial charge on any atom is -0.497 e. The zero-order chi connectivity index (χ0) is 20.0. The van der Waals surface area contributed by atoms with Crippen LogP contribution in [0.25, 0.3) is 0 Å². The third kappa shape index (κ3) is 3.01. The Morgan fingerprint density at radius 2 is 1.79 bits per heavy atom. The first-order valence-electron chi connectivity index (χ1n) is 9.79. The van der Waals surface area contributed by atoms with Crippen LogP contribution in [0.5, 0.6) is 5.75 Å². The SMILES string of the molecule is COc1ccc([C@@H]2C3=C(C[C@@H](c4ccccc4)CC3=O)Nc3nc(C)nn32)cc1. The summed E-state index contributed by atoms with van der Waals surface area (Å²) >= 11 is 0. The van der Waals surface area contributed by atoms with Gasteiger partial charge in [-0.05, 0) is 42.5 Å². The number of anilines is 1. The number of fused-ring (bicyclic) bond motifs is 1.